The number of ether oxygens (including phenoxy) is 1. The highest BCUT2D eigenvalue weighted by atomic mass is 16.5. The van der Waals surface area contributed by atoms with Gasteiger partial charge in [-0.2, -0.15) is 0 Å². The average Bonchev–Trinajstić information content (AvgIpc) is 3.61. The van der Waals surface area contributed by atoms with Crippen molar-refractivity contribution in [2.45, 2.75) is 64.6 Å². The van der Waals surface area contributed by atoms with Gasteiger partial charge in [0, 0.05) is 48.7 Å². The molecule has 6 rings (SSSR count). The fourth-order valence-electron chi connectivity index (χ4n) is 6.40. The number of fused-ring (bicyclic) bond motifs is 2. The van der Waals surface area contributed by atoms with Gasteiger partial charge in [-0.05, 0) is 94.8 Å². The number of likely N-dealkylation sites (tertiary alicyclic amines) is 1. The number of imidazole rings is 1. The summed E-state index contributed by atoms with van der Waals surface area (Å²) in [5, 5.41) is 11.0. The van der Waals surface area contributed by atoms with E-state index in [4.69, 9.17) is 9.72 Å². The van der Waals surface area contributed by atoms with Crippen LogP contribution in [0.4, 0.5) is 4.79 Å². The third kappa shape index (κ3) is 5.02. The SMILES string of the molecule is COc1ccc2c(c1)cc(-c1nc3cc(C(=O)N4CCC[C@@H](N(C(=O)O)C(C)(C)C)C4)ccc3n1C)n2CC1CC1. The zero-order valence-corrected chi connectivity index (χ0v) is 24.6. The molecular formula is C32H39N5O4. The highest BCUT2D eigenvalue weighted by Crippen LogP contribution is 2.37. The molecule has 2 aromatic heterocycles. The quantitative estimate of drug-likeness (QED) is 0.314. The second-order valence-corrected chi connectivity index (χ2v) is 12.6. The van der Waals surface area contributed by atoms with Crippen LogP contribution in [0.5, 0.6) is 5.75 Å². The van der Waals surface area contributed by atoms with Crippen molar-refractivity contribution >= 4 is 33.9 Å². The number of amides is 2. The van der Waals surface area contributed by atoms with E-state index in [0.717, 1.165) is 53.1 Å². The Kier molecular flexibility index (Phi) is 6.71. The van der Waals surface area contributed by atoms with Crippen molar-refractivity contribution in [3.63, 3.8) is 0 Å². The number of carbonyl (C=O) groups is 2. The normalized spacial score (nSPS) is 17.8. The van der Waals surface area contributed by atoms with Gasteiger partial charge in [-0.3, -0.25) is 9.69 Å². The second kappa shape index (κ2) is 10.1. The van der Waals surface area contributed by atoms with Gasteiger partial charge < -0.3 is 23.9 Å². The fourth-order valence-corrected chi connectivity index (χ4v) is 6.40. The molecule has 0 unspecified atom stereocenters. The minimum absolute atomic E-state index is 0.0852. The number of hydrogen-bond donors (Lipinski definition) is 1. The van der Waals surface area contributed by atoms with E-state index in [1.165, 1.54) is 23.3 Å². The van der Waals surface area contributed by atoms with Gasteiger partial charge in [0.25, 0.3) is 5.91 Å². The molecule has 1 aliphatic heterocycles. The lowest BCUT2D eigenvalue weighted by molar-refractivity contribution is 0.0315. The number of piperidine rings is 1. The molecule has 216 valence electrons. The molecule has 2 aromatic carbocycles. The summed E-state index contributed by atoms with van der Waals surface area (Å²) in [7, 11) is 3.71. The number of hydrogen-bond acceptors (Lipinski definition) is 4. The van der Waals surface area contributed by atoms with Crippen molar-refractivity contribution in [1.29, 1.82) is 0 Å². The molecule has 1 atom stereocenters. The van der Waals surface area contributed by atoms with E-state index in [9.17, 15) is 14.7 Å². The molecule has 0 spiro atoms. The standard InChI is InChI=1S/C32H39N5O4/c1-32(2,3)37(31(39)40)23-7-6-14-35(19-23)30(38)21-10-12-27-25(16-21)33-29(34(27)4)28-17-22-15-24(41-5)11-13-26(22)36(28)18-20-8-9-20/h10-13,15-17,20,23H,6-9,14,18-19H2,1-5H3,(H,39,40)/t23-/m1/s1. The molecule has 0 bridgehead atoms. The van der Waals surface area contributed by atoms with Crippen LogP contribution >= 0.6 is 0 Å². The van der Waals surface area contributed by atoms with Gasteiger partial charge in [0.1, 0.15) is 5.75 Å². The largest absolute Gasteiger partial charge is 0.497 e. The number of carbonyl (C=O) groups excluding carboxylic acids is 1. The molecule has 9 heteroatoms. The van der Waals surface area contributed by atoms with Crippen LogP contribution in [0.2, 0.25) is 0 Å². The van der Waals surface area contributed by atoms with Crippen LogP contribution in [-0.2, 0) is 13.6 Å². The Morgan fingerprint density at radius 1 is 1.07 bits per heavy atom. The molecule has 4 aromatic rings. The highest BCUT2D eigenvalue weighted by Gasteiger charge is 2.37. The van der Waals surface area contributed by atoms with Gasteiger partial charge in [0.2, 0.25) is 0 Å². The maximum atomic E-state index is 13.7. The molecular weight excluding hydrogens is 518 g/mol. The third-order valence-corrected chi connectivity index (χ3v) is 8.58. The minimum atomic E-state index is -0.947. The predicted octanol–water partition coefficient (Wildman–Crippen LogP) is 6.00. The smallest absolute Gasteiger partial charge is 0.408 e. The molecule has 2 fully saturated rings. The summed E-state index contributed by atoms with van der Waals surface area (Å²) in [5.74, 6) is 2.29. The third-order valence-electron chi connectivity index (χ3n) is 8.58. The van der Waals surface area contributed by atoms with Crippen LogP contribution in [0.15, 0.2) is 42.5 Å². The van der Waals surface area contributed by atoms with Gasteiger partial charge in [-0.25, -0.2) is 9.78 Å². The Bertz CT molecular complexity index is 1640. The molecule has 1 saturated heterocycles. The first kappa shape index (κ1) is 27.2. The summed E-state index contributed by atoms with van der Waals surface area (Å²) in [6.45, 7) is 7.65. The second-order valence-electron chi connectivity index (χ2n) is 12.6. The zero-order chi connectivity index (χ0) is 29.1. The number of benzene rings is 2. The molecule has 1 aliphatic carbocycles. The molecule has 3 heterocycles. The van der Waals surface area contributed by atoms with Crippen LogP contribution in [0.1, 0.15) is 56.8 Å². The van der Waals surface area contributed by atoms with E-state index in [1.807, 2.05) is 52.1 Å². The van der Waals surface area contributed by atoms with E-state index in [-0.39, 0.29) is 11.9 Å². The van der Waals surface area contributed by atoms with Crippen LogP contribution in [0.3, 0.4) is 0 Å². The Morgan fingerprint density at radius 3 is 2.51 bits per heavy atom. The maximum Gasteiger partial charge on any atom is 0.408 e. The lowest BCUT2D eigenvalue weighted by atomic mass is 9.97. The first-order valence-electron chi connectivity index (χ1n) is 14.5. The van der Waals surface area contributed by atoms with Crippen molar-refractivity contribution in [2.24, 2.45) is 13.0 Å². The van der Waals surface area contributed by atoms with Crippen molar-refractivity contribution in [2.75, 3.05) is 20.2 Å². The van der Waals surface area contributed by atoms with Gasteiger partial charge in [0.05, 0.1) is 29.9 Å². The molecule has 2 amide bonds. The Hall–Kier alpha value is -4.01. The lowest BCUT2D eigenvalue weighted by Gasteiger charge is -2.44. The van der Waals surface area contributed by atoms with Crippen molar-refractivity contribution in [1.82, 2.24) is 23.9 Å². The number of aryl methyl sites for hydroxylation is 1. The van der Waals surface area contributed by atoms with E-state index < -0.39 is 11.6 Å². The Balaban J connectivity index is 1.33. The Morgan fingerprint density at radius 2 is 1.83 bits per heavy atom. The number of carboxylic acid groups (broad SMARTS) is 1. The van der Waals surface area contributed by atoms with E-state index in [2.05, 4.69) is 27.3 Å². The minimum Gasteiger partial charge on any atom is -0.497 e. The summed E-state index contributed by atoms with van der Waals surface area (Å²) in [4.78, 5) is 34.1. The highest BCUT2D eigenvalue weighted by molar-refractivity contribution is 5.98. The number of nitrogens with zero attached hydrogens (tertiary/aromatic N) is 5. The molecule has 2 aliphatic rings. The van der Waals surface area contributed by atoms with Gasteiger partial charge >= 0.3 is 6.09 Å². The van der Waals surface area contributed by atoms with Crippen LogP contribution < -0.4 is 4.74 Å². The number of rotatable bonds is 6. The van der Waals surface area contributed by atoms with E-state index in [1.54, 1.807) is 12.0 Å². The van der Waals surface area contributed by atoms with E-state index in [0.29, 0.717) is 24.6 Å². The molecule has 1 N–H and O–H groups in total. The summed E-state index contributed by atoms with van der Waals surface area (Å²) in [5.41, 5.74) is 3.98. The van der Waals surface area contributed by atoms with Gasteiger partial charge in [0.15, 0.2) is 5.82 Å². The first-order valence-corrected chi connectivity index (χ1v) is 14.5. The Labute approximate surface area is 240 Å². The van der Waals surface area contributed by atoms with E-state index >= 15 is 0 Å². The van der Waals surface area contributed by atoms with Gasteiger partial charge in [-0.15, -0.1) is 0 Å². The predicted molar refractivity (Wildman–Crippen MR) is 159 cm³/mol. The van der Waals surface area contributed by atoms with Crippen molar-refractivity contribution in [3.8, 4) is 17.3 Å². The topological polar surface area (TPSA) is 92.8 Å². The summed E-state index contributed by atoms with van der Waals surface area (Å²) < 4.78 is 9.95. The molecule has 9 nitrogen and oxygen atoms in total. The summed E-state index contributed by atoms with van der Waals surface area (Å²) >= 11 is 0. The maximum absolute atomic E-state index is 13.7. The lowest BCUT2D eigenvalue weighted by Crippen LogP contribution is -2.57. The fraction of sp³-hybridized carbons (Fsp3) is 0.469. The average molecular weight is 558 g/mol. The molecule has 0 radical (unpaired) electrons. The summed E-state index contributed by atoms with van der Waals surface area (Å²) in [6.07, 6.45) is 3.07. The van der Waals surface area contributed by atoms with Crippen LogP contribution in [-0.4, -0.2) is 72.8 Å². The molecule has 1 saturated carbocycles. The van der Waals surface area contributed by atoms with Crippen LogP contribution in [0.25, 0.3) is 33.5 Å². The van der Waals surface area contributed by atoms with Crippen molar-refractivity contribution < 1.29 is 19.4 Å². The first-order chi connectivity index (χ1) is 19.5. The molecule has 41 heavy (non-hydrogen) atoms. The monoisotopic (exact) mass is 557 g/mol. The summed E-state index contributed by atoms with van der Waals surface area (Å²) in [6, 6.07) is 13.9. The van der Waals surface area contributed by atoms with Crippen molar-refractivity contribution in [3.05, 3.63) is 48.0 Å². The van der Waals surface area contributed by atoms with Gasteiger partial charge in [-0.1, -0.05) is 0 Å². The zero-order valence-electron chi connectivity index (χ0n) is 24.6. The number of methoxy groups -OCH3 is 1. The van der Waals surface area contributed by atoms with Crippen LogP contribution in [0, 0.1) is 5.92 Å². The number of aromatic nitrogens is 3.